The molecule has 1 aromatic heterocycles. The van der Waals surface area contributed by atoms with Gasteiger partial charge in [-0.15, -0.1) is 0 Å². The normalized spacial score (nSPS) is 18.2. The van der Waals surface area contributed by atoms with Crippen molar-refractivity contribution in [3.63, 3.8) is 0 Å². The molecule has 2 heterocycles. The Morgan fingerprint density at radius 1 is 1.13 bits per heavy atom. The molecule has 2 aromatic rings. The lowest BCUT2D eigenvalue weighted by Crippen LogP contribution is -2.41. The van der Waals surface area contributed by atoms with Crippen LogP contribution in [0.15, 0.2) is 30.0 Å². The number of nitrogens with zero attached hydrogens (tertiary/aromatic N) is 1. The Balaban J connectivity index is 2.21. The molecule has 0 atom stereocenters. The van der Waals surface area contributed by atoms with Crippen molar-refractivity contribution in [1.82, 2.24) is 4.98 Å². The highest BCUT2D eigenvalue weighted by Crippen LogP contribution is 2.43. The average Bonchev–Trinajstić information content (AvgIpc) is 3.17. The van der Waals surface area contributed by atoms with Crippen molar-refractivity contribution >= 4 is 35.1 Å². The number of nitrogen functional groups attached to an aromatic ring is 1. The Hall–Kier alpha value is -2.43. The summed E-state index contributed by atoms with van der Waals surface area (Å²) in [7, 11) is 1.50. The highest BCUT2D eigenvalue weighted by atomic mass is 32.1. The van der Waals surface area contributed by atoms with Gasteiger partial charge in [0.05, 0.1) is 30.3 Å². The minimum atomic E-state index is -1.26. The fraction of sp³-hybridized carbons (Fsp3) is 0.400. The fourth-order valence-corrected chi connectivity index (χ4v) is 3.83. The third-order valence-corrected chi connectivity index (χ3v) is 6.23. The van der Waals surface area contributed by atoms with E-state index in [0.717, 1.165) is 11.3 Å². The lowest BCUT2D eigenvalue weighted by molar-refractivity contribution is 0.00578. The van der Waals surface area contributed by atoms with E-state index in [1.54, 1.807) is 24.3 Å². The van der Waals surface area contributed by atoms with Gasteiger partial charge in [-0.25, -0.2) is 14.2 Å². The molecule has 1 aromatic carbocycles. The zero-order valence-corrected chi connectivity index (χ0v) is 18.6. The highest BCUT2D eigenvalue weighted by Gasteiger charge is 2.54. The van der Waals surface area contributed by atoms with E-state index in [1.165, 1.54) is 14.2 Å². The van der Waals surface area contributed by atoms with E-state index in [-0.39, 0.29) is 21.3 Å². The van der Waals surface area contributed by atoms with E-state index in [9.17, 15) is 4.79 Å². The van der Waals surface area contributed by atoms with Gasteiger partial charge in [0.1, 0.15) is 11.5 Å². The second kappa shape index (κ2) is 8.01. The topological polar surface area (TPSA) is 92.9 Å². The van der Waals surface area contributed by atoms with Gasteiger partial charge in [0.2, 0.25) is 0 Å². The molecule has 1 aliphatic heterocycles. The number of carbonyl (C=O) groups excluding carboxylic acids is 1. The van der Waals surface area contributed by atoms with Crippen LogP contribution in [-0.2, 0) is 14.0 Å². The first-order valence-electron chi connectivity index (χ1n) is 9.25. The maximum Gasteiger partial charge on any atom is 0.525 e. The number of halogens is 1. The number of benzene rings is 1. The number of ether oxygens (including phenoxy) is 2. The second-order valence-corrected chi connectivity index (χ2v) is 8.79. The van der Waals surface area contributed by atoms with Crippen LogP contribution in [0.4, 0.5) is 9.52 Å². The summed E-state index contributed by atoms with van der Waals surface area (Å²) >= 11 is 0.983. The summed E-state index contributed by atoms with van der Waals surface area (Å²) in [6.07, 6.45) is 0. The number of esters is 1. The van der Waals surface area contributed by atoms with Crippen molar-refractivity contribution in [1.29, 1.82) is 0 Å². The molecule has 0 saturated carbocycles. The molecule has 7 nitrogen and oxygen atoms in total. The van der Waals surface area contributed by atoms with Crippen LogP contribution in [0.2, 0.25) is 0 Å². The van der Waals surface area contributed by atoms with Gasteiger partial charge in [0.25, 0.3) is 0 Å². The fourth-order valence-electron chi connectivity index (χ4n) is 2.94. The predicted molar refractivity (Wildman–Crippen MR) is 114 cm³/mol. The van der Waals surface area contributed by atoms with Gasteiger partial charge in [-0.2, -0.15) is 0 Å². The number of hydrogen-bond donors (Lipinski definition) is 1. The third-order valence-electron chi connectivity index (χ3n) is 5.33. The van der Waals surface area contributed by atoms with Crippen molar-refractivity contribution in [3.05, 3.63) is 46.1 Å². The Morgan fingerprint density at radius 3 is 2.20 bits per heavy atom. The molecule has 3 rings (SSSR count). The van der Waals surface area contributed by atoms with Crippen molar-refractivity contribution in [2.45, 2.75) is 38.9 Å². The largest absolute Gasteiger partial charge is 0.525 e. The smallest absolute Gasteiger partial charge is 0.497 e. The summed E-state index contributed by atoms with van der Waals surface area (Å²) in [6.45, 7) is 7.32. The first-order valence-corrected chi connectivity index (χ1v) is 10.1. The maximum atomic E-state index is 16.0. The highest BCUT2D eigenvalue weighted by molar-refractivity contribution is 7.16. The number of rotatable bonds is 5. The maximum absolute atomic E-state index is 16.0. The van der Waals surface area contributed by atoms with Crippen LogP contribution in [0.3, 0.4) is 0 Å². The van der Waals surface area contributed by atoms with Crippen molar-refractivity contribution in [3.8, 4) is 5.75 Å². The molecule has 0 spiro atoms. The summed E-state index contributed by atoms with van der Waals surface area (Å²) < 4.78 is 37.7. The summed E-state index contributed by atoms with van der Waals surface area (Å²) in [5.74, 6) is -0.114. The zero-order valence-electron chi connectivity index (χ0n) is 17.7. The van der Waals surface area contributed by atoms with Gasteiger partial charge in [-0.1, -0.05) is 23.5 Å². The molecule has 0 bridgehead atoms. The van der Waals surface area contributed by atoms with Crippen LogP contribution in [0.25, 0.3) is 5.57 Å². The third kappa shape index (κ3) is 3.94. The van der Waals surface area contributed by atoms with E-state index >= 15 is 4.39 Å². The molecule has 10 heteroatoms. The van der Waals surface area contributed by atoms with Crippen molar-refractivity contribution in [2.24, 2.45) is 0 Å². The van der Waals surface area contributed by atoms with Gasteiger partial charge in [0, 0.05) is 5.57 Å². The Morgan fingerprint density at radius 2 is 1.70 bits per heavy atom. The number of nitrogens with two attached hydrogens (primary N) is 1. The van der Waals surface area contributed by atoms with Gasteiger partial charge < -0.3 is 24.5 Å². The second-order valence-electron chi connectivity index (χ2n) is 7.76. The molecular weight excluding hydrogens is 410 g/mol. The molecule has 160 valence electrons. The molecular formula is C20H24BFN2O5S. The Bertz CT molecular complexity index is 972. The number of carbonyl (C=O) groups is 1. The summed E-state index contributed by atoms with van der Waals surface area (Å²) in [4.78, 5) is 16.5. The van der Waals surface area contributed by atoms with Gasteiger partial charge in [-0.3, -0.25) is 0 Å². The zero-order chi connectivity index (χ0) is 22.3. The van der Waals surface area contributed by atoms with E-state index in [0.29, 0.717) is 11.3 Å². The Kier molecular flexibility index (Phi) is 5.95. The number of thiazole rings is 1. The van der Waals surface area contributed by atoms with Gasteiger partial charge in [-0.05, 0) is 45.4 Å². The molecule has 30 heavy (non-hydrogen) atoms. The van der Waals surface area contributed by atoms with Crippen LogP contribution >= 0.6 is 11.3 Å². The number of hydrogen-bond acceptors (Lipinski definition) is 8. The van der Waals surface area contributed by atoms with E-state index < -0.39 is 30.0 Å². The molecule has 0 aliphatic carbocycles. The van der Waals surface area contributed by atoms with Crippen molar-refractivity contribution < 1.29 is 28.0 Å². The van der Waals surface area contributed by atoms with Gasteiger partial charge in [0.15, 0.2) is 10.8 Å². The molecule has 0 radical (unpaired) electrons. The lowest BCUT2D eigenvalue weighted by atomic mass is 9.82. The number of aromatic nitrogens is 1. The molecule has 0 unspecified atom stereocenters. The first-order chi connectivity index (χ1) is 14.0. The molecule has 1 aliphatic rings. The van der Waals surface area contributed by atoms with Crippen molar-refractivity contribution in [2.75, 3.05) is 20.0 Å². The SMILES string of the molecule is COC(=O)c1nc(N)sc1C(=C(F)B1OC(C)(C)C(C)(C)O1)c1ccc(OC)cc1. The van der Waals surface area contributed by atoms with Crippen LogP contribution in [0, 0.1) is 0 Å². The van der Waals surface area contributed by atoms with Crippen LogP contribution in [0.1, 0.15) is 48.6 Å². The first kappa shape index (κ1) is 22.3. The Labute approximate surface area is 179 Å². The monoisotopic (exact) mass is 434 g/mol. The van der Waals surface area contributed by atoms with Crippen LogP contribution in [0.5, 0.6) is 5.75 Å². The summed E-state index contributed by atoms with van der Waals surface area (Å²) in [5.41, 5.74) is 4.20. The van der Waals surface area contributed by atoms with E-state index in [4.69, 9.17) is 24.5 Å². The standard InChI is InChI=1S/C20H24BFN2O5S/c1-19(2)20(3,4)29-21(28-19)16(22)13(11-7-9-12(26-5)10-8-11)15-14(17(25)27-6)24-18(23)30-15/h7-10H,1-6H3,(H2,23,24). The van der Waals surface area contributed by atoms with E-state index in [2.05, 4.69) is 4.98 Å². The number of methoxy groups -OCH3 is 2. The molecule has 0 amide bonds. The summed E-state index contributed by atoms with van der Waals surface area (Å²) in [5, 5.41) is 0.109. The lowest BCUT2D eigenvalue weighted by Gasteiger charge is -2.32. The minimum Gasteiger partial charge on any atom is -0.497 e. The molecule has 2 N–H and O–H groups in total. The minimum absolute atomic E-state index is 0.0718. The van der Waals surface area contributed by atoms with E-state index in [1.807, 2.05) is 27.7 Å². The number of anilines is 1. The molecule has 1 saturated heterocycles. The average molecular weight is 434 g/mol. The van der Waals surface area contributed by atoms with Crippen LogP contribution < -0.4 is 10.5 Å². The molecule has 1 fully saturated rings. The predicted octanol–water partition coefficient (Wildman–Crippen LogP) is 3.88. The van der Waals surface area contributed by atoms with Crippen LogP contribution in [-0.4, -0.2) is 43.5 Å². The quantitative estimate of drug-likeness (QED) is 0.564. The summed E-state index contributed by atoms with van der Waals surface area (Å²) in [6, 6.07) is 6.73. The van der Waals surface area contributed by atoms with Gasteiger partial charge >= 0.3 is 13.1 Å².